The van der Waals surface area contributed by atoms with Gasteiger partial charge in [0.2, 0.25) is 17.7 Å². The second-order valence-electron chi connectivity index (χ2n) is 8.35. The molecular formula is C24H32N4O3. The lowest BCUT2D eigenvalue weighted by molar-refractivity contribution is -0.117. The van der Waals surface area contributed by atoms with Gasteiger partial charge in [0.15, 0.2) is 0 Å². The van der Waals surface area contributed by atoms with Crippen LogP contribution in [-0.2, 0) is 14.4 Å². The zero-order chi connectivity index (χ0) is 22.8. The standard InChI is InChI=1S/C24H32N4O3/c1-16(2)13-22(29)26-19-7-5-18(6-8-19)25-15-24(31)28-21-11-9-20(10-12-21)27-23(30)14-17(3)4/h5-12,16-17,25H,13-15H2,1-4H3,(H,26,29)(H,27,30)(H,28,31). The number of amides is 3. The monoisotopic (exact) mass is 424 g/mol. The Morgan fingerprint density at radius 1 is 0.581 bits per heavy atom. The molecule has 0 saturated heterocycles. The van der Waals surface area contributed by atoms with Gasteiger partial charge in [0, 0.05) is 35.6 Å². The molecule has 31 heavy (non-hydrogen) atoms. The minimum Gasteiger partial charge on any atom is -0.376 e. The third-order valence-corrected chi connectivity index (χ3v) is 4.26. The molecule has 0 spiro atoms. The maximum absolute atomic E-state index is 12.2. The number of hydrogen-bond donors (Lipinski definition) is 4. The number of hydrogen-bond acceptors (Lipinski definition) is 4. The van der Waals surface area contributed by atoms with Gasteiger partial charge >= 0.3 is 0 Å². The molecule has 7 heteroatoms. The fraction of sp³-hybridized carbons (Fsp3) is 0.375. The number of benzene rings is 2. The largest absolute Gasteiger partial charge is 0.376 e. The molecule has 7 nitrogen and oxygen atoms in total. The first-order chi connectivity index (χ1) is 14.7. The maximum atomic E-state index is 12.2. The summed E-state index contributed by atoms with van der Waals surface area (Å²) < 4.78 is 0. The van der Waals surface area contributed by atoms with E-state index in [4.69, 9.17) is 0 Å². The quantitative estimate of drug-likeness (QED) is 0.444. The molecule has 0 atom stereocenters. The molecule has 0 saturated carbocycles. The van der Waals surface area contributed by atoms with Crippen LogP contribution >= 0.6 is 0 Å². The molecule has 3 amide bonds. The molecule has 0 radical (unpaired) electrons. The van der Waals surface area contributed by atoms with Gasteiger partial charge in [-0.15, -0.1) is 0 Å². The smallest absolute Gasteiger partial charge is 0.243 e. The minimum absolute atomic E-state index is 0.0133. The molecule has 2 aromatic carbocycles. The lowest BCUT2D eigenvalue weighted by Gasteiger charge is -2.11. The summed E-state index contributed by atoms with van der Waals surface area (Å²) in [6.07, 6.45) is 0.945. The van der Waals surface area contributed by atoms with Gasteiger partial charge in [0.1, 0.15) is 0 Å². The Balaban J connectivity index is 1.77. The Morgan fingerprint density at radius 3 is 1.26 bits per heavy atom. The summed E-state index contributed by atoms with van der Waals surface area (Å²) in [5, 5.41) is 11.5. The van der Waals surface area contributed by atoms with Crippen LogP contribution in [0, 0.1) is 11.8 Å². The second kappa shape index (κ2) is 11.7. The van der Waals surface area contributed by atoms with E-state index in [9.17, 15) is 14.4 Å². The predicted molar refractivity (Wildman–Crippen MR) is 126 cm³/mol. The number of anilines is 4. The number of carbonyl (C=O) groups excluding carboxylic acids is 3. The third-order valence-electron chi connectivity index (χ3n) is 4.26. The topological polar surface area (TPSA) is 99.3 Å². The SMILES string of the molecule is CC(C)CC(=O)Nc1ccc(NCC(=O)Nc2ccc(NC(=O)CC(C)C)cc2)cc1. The van der Waals surface area contributed by atoms with Crippen molar-refractivity contribution in [3.8, 4) is 0 Å². The summed E-state index contributed by atoms with van der Waals surface area (Å²) in [6.45, 7) is 8.08. The van der Waals surface area contributed by atoms with E-state index in [0.717, 1.165) is 11.4 Å². The summed E-state index contributed by atoms with van der Waals surface area (Å²) in [7, 11) is 0. The molecular weight excluding hydrogens is 392 g/mol. The highest BCUT2D eigenvalue weighted by atomic mass is 16.2. The van der Waals surface area contributed by atoms with Gasteiger partial charge in [-0.1, -0.05) is 27.7 Å². The van der Waals surface area contributed by atoms with Crippen LogP contribution in [0.2, 0.25) is 0 Å². The van der Waals surface area contributed by atoms with Gasteiger partial charge in [-0.3, -0.25) is 14.4 Å². The zero-order valence-corrected chi connectivity index (χ0v) is 18.6. The van der Waals surface area contributed by atoms with Crippen molar-refractivity contribution in [3.05, 3.63) is 48.5 Å². The molecule has 166 valence electrons. The van der Waals surface area contributed by atoms with Crippen LogP contribution in [0.5, 0.6) is 0 Å². The van der Waals surface area contributed by atoms with E-state index >= 15 is 0 Å². The summed E-state index contributed by atoms with van der Waals surface area (Å²) >= 11 is 0. The lowest BCUT2D eigenvalue weighted by atomic mass is 10.1. The summed E-state index contributed by atoms with van der Waals surface area (Å²) in [5.41, 5.74) is 2.85. The highest BCUT2D eigenvalue weighted by molar-refractivity contribution is 5.95. The zero-order valence-electron chi connectivity index (χ0n) is 18.6. The summed E-state index contributed by atoms with van der Waals surface area (Å²) in [5.74, 6) is 0.373. The highest BCUT2D eigenvalue weighted by Crippen LogP contribution is 2.16. The summed E-state index contributed by atoms with van der Waals surface area (Å²) in [4.78, 5) is 35.8. The van der Waals surface area contributed by atoms with Crippen LogP contribution in [0.1, 0.15) is 40.5 Å². The van der Waals surface area contributed by atoms with Crippen LogP contribution in [0.25, 0.3) is 0 Å². The summed E-state index contributed by atoms with van der Waals surface area (Å²) in [6, 6.07) is 14.2. The van der Waals surface area contributed by atoms with Crippen molar-refractivity contribution in [1.82, 2.24) is 0 Å². The van der Waals surface area contributed by atoms with Gasteiger partial charge in [-0.05, 0) is 60.4 Å². The van der Waals surface area contributed by atoms with E-state index < -0.39 is 0 Å². The Hall–Kier alpha value is -3.35. The molecule has 0 unspecified atom stereocenters. The van der Waals surface area contributed by atoms with E-state index in [2.05, 4.69) is 21.3 Å². The Kier molecular flexibility index (Phi) is 9.06. The Bertz CT molecular complexity index is 875. The van der Waals surface area contributed by atoms with Gasteiger partial charge in [-0.2, -0.15) is 0 Å². The lowest BCUT2D eigenvalue weighted by Crippen LogP contribution is -2.21. The molecule has 0 heterocycles. The van der Waals surface area contributed by atoms with Crippen LogP contribution in [0.15, 0.2) is 48.5 Å². The fourth-order valence-electron chi connectivity index (χ4n) is 2.86. The number of rotatable bonds is 10. The van der Waals surface area contributed by atoms with Crippen molar-refractivity contribution in [1.29, 1.82) is 0 Å². The number of carbonyl (C=O) groups is 3. The first kappa shape index (κ1) is 23.9. The molecule has 0 fully saturated rings. The minimum atomic E-state index is -0.189. The molecule has 4 N–H and O–H groups in total. The molecule has 2 aromatic rings. The van der Waals surface area contributed by atoms with Crippen molar-refractivity contribution in [2.75, 3.05) is 27.8 Å². The number of nitrogens with one attached hydrogen (secondary N) is 4. The first-order valence-electron chi connectivity index (χ1n) is 10.5. The predicted octanol–water partition coefficient (Wildman–Crippen LogP) is 4.71. The van der Waals surface area contributed by atoms with Gasteiger partial charge in [0.05, 0.1) is 6.54 Å². The average molecular weight is 425 g/mol. The van der Waals surface area contributed by atoms with E-state index in [1.165, 1.54) is 0 Å². The van der Waals surface area contributed by atoms with Crippen LogP contribution < -0.4 is 21.3 Å². The molecule has 0 aliphatic carbocycles. The van der Waals surface area contributed by atoms with E-state index in [1.54, 1.807) is 36.4 Å². The van der Waals surface area contributed by atoms with Crippen LogP contribution in [0.3, 0.4) is 0 Å². The van der Waals surface area contributed by atoms with Crippen LogP contribution in [-0.4, -0.2) is 24.3 Å². The van der Waals surface area contributed by atoms with Crippen molar-refractivity contribution in [2.45, 2.75) is 40.5 Å². The molecule has 0 bridgehead atoms. The Labute approximate surface area is 184 Å². The third kappa shape index (κ3) is 9.33. The first-order valence-corrected chi connectivity index (χ1v) is 10.5. The van der Waals surface area contributed by atoms with Crippen molar-refractivity contribution < 1.29 is 14.4 Å². The van der Waals surface area contributed by atoms with Gasteiger partial charge < -0.3 is 21.3 Å². The fourth-order valence-corrected chi connectivity index (χ4v) is 2.86. The van der Waals surface area contributed by atoms with E-state index in [-0.39, 0.29) is 24.3 Å². The molecule has 0 aliphatic rings. The van der Waals surface area contributed by atoms with Gasteiger partial charge in [-0.25, -0.2) is 0 Å². The maximum Gasteiger partial charge on any atom is 0.243 e. The molecule has 0 aromatic heterocycles. The normalized spacial score (nSPS) is 10.6. The second-order valence-corrected chi connectivity index (χ2v) is 8.35. The van der Waals surface area contributed by atoms with Gasteiger partial charge in [0.25, 0.3) is 0 Å². The van der Waals surface area contributed by atoms with E-state index in [0.29, 0.717) is 36.1 Å². The molecule has 0 aliphatic heterocycles. The van der Waals surface area contributed by atoms with Crippen LogP contribution in [0.4, 0.5) is 22.7 Å². The van der Waals surface area contributed by atoms with Crippen molar-refractivity contribution in [2.24, 2.45) is 11.8 Å². The Morgan fingerprint density at radius 2 is 0.903 bits per heavy atom. The van der Waals surface area contributed by atoms with Crippen molar-refractivity contribution >= 4 is 40.5 Å². The molecule has 2 rings (SSSR count). The van der Waals surface area contributed by atoms with E-state index in [1.807, 2.05) is 39.8 Å². The average Bonchev–Trinajstić information content (AvgIpc) is 2.67. The van der Waals surface area contributed by atoms with Crippen molar-refractivity contribution in [3.63, 3.8) is 0 Å². The highest BCUT2D eigenvalue weighted by Gasteiger charge is 2.07.